The molecule has 0 saturated carbocycles. The van der Waals surface area contributed by atoms with Gasteiger partial charge in [0.25, 0.3) is 0 Å². The molecule has 0 aliphatic heterocycles. The number of esters is 1. The summed E-state index contributed by atoms with van der Waals surface area (Å²) in [5.41, 5.74) is 0. The zero-order valence-corrected chi connectivity index (χ0v) is 8.75. The molecule has 0 aromatic carbocycles. The molecule has 0 bridgehead atoms. The average molecular weight is 185 g/mol. The predicted octanol–water partition coefficient (Wildman–Crippen LogP) is 1.30. The van der Waals surface area contributed by atoms with Crippen molar-refractivity contribution in [3.05, 3.63) is 12.7 Å². The standard InChI is InChI=1S/C10H19NO2/c1-5-6-11(4)7-10(12)13-8-9(2)3/h5,9H,1,6-8H2,2-4H3. The first-order valence-electron chi connectivity index (χ1n) is 4.51. The first-order chi connectivity index (χ1) is 6.06. The Hall–Kier alpha value is -0.830. The van der Waals surface area contributed by atoms with Crippen LogP contribution in [0.1, 0.15) is 13.8 Å². The minimum atomic E-state index is -0.168. The minimum absolute atomic E-state index is 0.168. The first-order valence-corrected chi connectivity index (χ1v) is 4.51. The number of rotatable bonds is 6. The summed E-state index contributed by atoms with van der Waals surface area (Å²) in [5, 5.41) is 0. The van der Waals surface area contributed by atoms with Gasteiger partial charge in [0.15, 0.2) is 0 Å². The molecular weight excluding hydrogens is 166 g/mol. The molecular formula is C10H19NO2. The van der Waals surface area contributed by atoms with Gasteiger partial charge in [-0.15, -0.1) is 6.58 Å². The van der Waals surface area contributed by atoms with Gasteiger partial charge in [0.1, 0.15) is 0 Å². The number of carbonyl (C=O) groups is 1. The Bertz CT molecular complexity index is 166. The van der Waals surface area contributed by atoms with E-state index >= 15 is 0 Å². The van der Waals surface area contributed by atoms with Gasteiger partial charge in [-0.3, -0.25) is 9.69 Å². The van der Waals surface area contributed by atoms with Crippen molar-refractivity contribution in [2.75, 3.05) is 26.7 Å². The number of hydrogen-bond donors (Lipinski definition) is 0. The topological polar surface area (TPSA) is 29.5 Å². The lowest BCUT2D eigenvalue weighted by Gasteiger charge is -2.13. The van der Waals surface area contributed by atoms with Crippen LogP contribution >= 0.6 is 0 Å². The highest BCUT2D eigenvalue weighted by Gasteiger charge is 2.06. The molecule has 0 heterocycles. The predicted molar refractivity (Wildman–Crippen MR) is 53.5 cm³/mol. The highest BCUT2D eigenvalue weighted by molar-refractivity contribution is 5.71. The summed E-state index contributed by atoms with van der Waals surface area (Å²) >= 11 is 0. The van der Waals surface area contributed by atoms with E-state index < -0.39 is 0 Å². The molecule has 0 fully saturated rings. The zero-order chi connectivity index (χ0) is 10.3. The number of carbonyl (C=O) groups excluding carboxylic acids is 1. The van der Waals surface area contributed by atoms with Crippen LogP contribution in [0.2, 0.25) is 0 Å². The largest absolute Gasteiger partial charge is 0.464 e. The van der Waals surface area contributed by atoms with E-state index in [1.807, 2.05) is 25.8 Å². The molecule has 0 saturated heterocycles. The van der Waals surface area contributed by atoms with Crippen LogP contribution in [0.25, 0.3) is 0 Å². The van der Waals surface area contributed by atoms with Gasteiger partial charge in [0.05, 0.1) is 13.2 Å². The van der Waals surface area contributed by atoms with Gasteiger partial charge in [0.2, 0.25) is 0 Å². The number of nitrogens with zero attached hydrogens (tertiary/aromatic N) is 1. The lowest BCUT2D eigenvalue weighted by molar-refractivity contribution is -0.145. The molecule has 0 aliphatic carbocycles. The third-order valence-electron chi connectivity index (χ3n) is 1.42. The van der Waals surface area contributed by atoms with Crippen molar-refractivity contribution in [1.82, 2.24) is 4.90 Å². The van der Waals surface area contributed by atoms with Crippen molar-refractivity contribution in [2.45, 2.75) is 13.8 Å². The first kappa shape index (κ1) is 12.2. The smallest absolute Gasteiger partial charge is 0.320 e. The van der Waals surface area contributed by atoms with Crippen LogP contribution in [0.5, 0.6) is 0 Å². The summed E-state index contributed by atoms with van der Waals surface area (Å²) in [6.45, 7) is 9.16. The van der Waals surface area contributed by atoms with Gasteiger partial charge >= 0.3 is 5.97 Å². The van der Waals surface area contributed by atoms with Crippen LogP contribution in [0.15, 0.2) is 12.7 Å². The summed E-state index contributed by atoms with van der Waals surface area (Å²) in [5.74, 6) is 0.228. The quantitative estimate of drug-likeness (QED) is 0.461. The molecule has 0 aliphatic rings. The van der Waals surface area contributed by atoms with Gasteiger partial charge in [-0.25, -0.2) is 0 Å². The van der Waals surface area contributed by atoms with E-state index in [0.29, 0.717) is 25.6 Å². The van der Waals surface area contributed by atoms with Crippen LogP contribution in [0, 0.1) is 5.92 Å². The summed E-state index contributed by atoms with van der Waals surface area (Å²) in [6.07, 6.45) is 1.76. The third-order valence-corrected chi connectivity index (χ3v) is 1.42. The molecule has 76 valence electrons. The Balaban J connectivity index is 3.55. The van der Waals surface area contributed by atoms with E-state index in [-0.39, 0.29) is 5.97 Å². The monoisotopic (exact) mass is 185 g/mol. The molecule has 13 heavy (non-hydrogen) atoms. The van der Waals surface area contributed by atoms with Gasteiger partial charge in [0, 0.05) is 6.54 Å². The molecule has 0 radical (unpaired) electrons. The van der Waals surface area contributed by atoms with Crippen molar-refractivity contribution in [1.29, 1.82) is 0 Å². The molecule has 0 unspecified atom stereocenters. The van der Waals surface area contributed by atoms with Crippen molar-refractivity contribution < 1.29 is 9.53 Å². The fraction of sp³-hybridized carbons (Fsp3) is 0.700. The number of hydrogen-bond acceptors (Lipinski definition) is 3. The molecule has 3 nitrogen and oxygen atoms in total. The Labute approximate surface area is 80.4 Å². The maximum absolute atomic E-state index is 11.1. The van der Waals surface area contributed by atoms with E-state index in [0.717, 1.165) is 0 Å². The van der Waals surface area contributed by atoms with Gasteiger partial charge in [-0.2, -0.15) is 0 Å². The normalized spacial score (nSPS) is 10.5. The SMILES string of the molecule is C=CCN(C)CC(=O)OCC(C)C. The van der Waals surface area contributed by atoms with Gasteiger partial charge < -0.3 is 4.74 Å². The Morgan fingerprint density at radius 3 is 2.69 bits per heavy atom. The van der Waals surface area contributed by atoms with Crippen LogP contribution in [-0.2, 0) is 9.53 Å². The average Bonchev–Trinajstić information content (AvgIpc) is 2.01. The summed E-state index contributed by atoms with van der Waals surface area (Å²) in [6, 6.07) is 0. The second kappa shape index (κ2) is 6.66. The summed E-state index contributed by atoms with van der Waals surface area (Å²) in [4.78, 5) is 13.0. The Kier molecular flexibility index (Phi) is 6.24. The van der Waals surface area contributed by atoms with Crippen LogP contribution in [0.3, 0.4) is 0 Å². The molecule has 0 rings (SSSR count). The molecule has 0 aromatic heterocycles. The molecule has 3 heteroatoms. The maximum Gasteiger partial charge on any atom is 0.320 e. The van der Waals surface area contributed by atoms with Crippen molar-refractivity contribution in [3.63, 3.8) is 0 Å². The number of likely N-dealkylation sites (N-methyl/N-ethyl adjacent to an activating group) is 1. The maximum atomic E-state index is 11.1. The zero-order valence-electron chi connectivity index (χ0n) is 8.75. The van der Waals surface area contributed by atoms with E-state index in [4.69, 9.17) is 4.74 Å². The summed E-state index contributed by atoms with van der Waals surface area (Å²) in [7, 11) is 1.86. The fourth-order valence-corrected chi connectivity index (χ4v) is 0.811. The Morgan fingerprint density at radius 2 is 2.23 bits per heavy atom. The van der Waals surface area contributed by atoms with Crippen molar-refractivity contribution in [2.24, 2.45) is 5.92 Å². The van der Waals surface area contributed by atoms with Crippen molar-refractivity contribution in [3.8, 4) is 0 Å². The van der Waals surface area contributed by atoms with Crippen LogP contribution in [-0.4, -0.2) is 37.6 Å². The molecule has 0 atom stereocenters. The molecule has 0 amide bonds. The van der Waals surface area contributed by atoms with Gasteiger partial charge in [-0.1, -0.05) is 19.9 Å². The van der Waals surface area contributed by atoms with E-state index in [2.05, 4.69) is 6.58 Å². The van der Waals surface area contributed by atoms with E-state index in [1.54, 1.807) is 6.08 Å². The molecule has 0 N–H and O–H groups in total. The summed E-state index contributed by atoms with van der Waals surface area (Å²) < 4.78 is 5.01. The molecule has 0 spiro atoms. The fourth-order valence-electron chi connectivity index (χ4n) is 0.811. The van der Waals surface area contributed by atoms with Gasteiger partial charge in [-0.05, 0) is 13.0 Å². The molecule has 0 aromatic rings. The van der Waals surface area contributed by atoms with Crippen LogP contribution < -0.4 is 0 Å². The number of ether oxygens (including phenoxy) is 1. The van der Waals surface area contributed by atoms with E-state index in [9.17, 15) is 4.79 Å². The third kappa shape index (κ3) is 7.53. The van der Waals surface area contributed by atoms with Crippen molar-refractivity contribution >= 4 is 5.97 Å². The van der Waals surface area contributed by atoms with Crippen LogP contribution in [0.4, 0.5) is 0 Å². The lowest BCUT2D eigenvalue weighted by Crippen LogP contribution is -2.28. The van der Waals surface area contributed by atoms with E-state index in [1.165, 1.54) is 0 Å². The lowest BCUT2D eigenvalue weighted by atomic mass is 10.2. The Morgan fingerprint density at radius 1 is 1.62 bits per heavy atom. The second-order valence-electron chi connectivity index (χ2n) is 3.56. The second-order valence-corrected chi connectivity index (χ2v) is 3.56. The minimum Gasteiger partial charge on any atom is -0.464 e. The highest BCUT2D eigenvalue weighted by atomic mass is 16.5. The highest BCUT2D eigenvalue weighted by Crippen LogP contribution is 1.94.